The first-order valence-corrected chi connectivity index (χ1v) is 8.51. The van der Waals surface area contributed by atoms with Crippen LogP contribution in [0.15, 0.2) is 29.2 Å². The van der Waals surface area contributed by atoms with Gasteiger partial charge in [-0.1, -0.05) is 11.6 Å². The minimum atomic E-state index is -1.28. The molecule has 0 spiro atoms. The number of nitrogens with zero attached hydrogens (tertiary/aromatic N) is 1. The number of carbonyl (C=O) groups excluding carboxylic acids is 1. The Morgan fingerprint density at radius 1 is 1.28 bits per heavy atom. The van der Waals surface area contributed by atoms with Crippen molar-refractivity contribution in [2.24, 2.45) is 0 Å². The number of thioether (sulfide) groups is 1. The maximum absolute atomic E-state index is 12.0. The van der Waals surface area contributed by atoms with Gasteiger partial charge in [-0.2, -0.15) is 11.8 Å². The van der Waals surface area contributed by atoms with Crippen LogP contribution in [0.1, 0.15) is 0 Å². The molecule has 1 aromatic carbocycles. The number of halogens is 1. The van der Waals surface area contributed by atoms with E-state index in [1.807, 2.05) is 11.8 Å². The van der Waals surface area contributed by atoms with Gasteiger partial charge in [0.05, 0.1) is 10.8 Å². The van der Waals surface area contributed by atoms with E-state index in [-0.39, 0.29) is 11.7 Å². The van der Waals surface area contributed by atoms with Crippen LogP contribution >= 0.6 is 23.4 Å². The zero-order chi connectivity index (χ0) is 13.0. The molecule has 98 valence electrons. The normalized spacial score (nSPS) is 17.5. The first-order chi connectivity index (χ1) is 8.66. The number of rotatable bonds is 3. The van der Waals surface area contributed by atoms with Gasteiger partial charge in [0, 0.05) is 34.5 Å². The molecule has 3 nitrogen and oxygen atoms in total. The molecule has 1 amide bonds. The lowest BCUT2D eigenvalue weighted by Crippen LogP contribution is -2.40. The molecule has 0 N–H and O–H groups in total. The third-order valence-corrected chi connectivity index (χ3v) is 5.20. The second-order valence-corrected chi connectivity index (χ2v) is 7.05. The Morgan fingerprint density at radius 3 is 2.50 bits per heavy atom. The second-order valence-electron chi connectivity index (χ2n) is 3.94. The Labute approximate surface area is 118 Å². The van der Waals surface area contributed by atoms with Crippen molar-refractivity contribution in [2.45, 2.75) is 4.90 Å². The second kappa shape index (κ2) is 6.59. The highest BCUT2D eigenvalue weighted by Gasteiger charge is 2.19. The highest BCUT2D eigenvalue weighted by molar-refractivity contribution is 7.99. The third-order valence-electron chi connectivity index (χ3n) is 2.69. The van der Waals surface area contributed by atoms with E-state index in [2.05, 4.69) is 0 Å². The highest BCUT2D eigenvalue weighted by atomic mass is 35.5. The molecule has 1 heterocycles. The van der Waals surface area contributed by atoms with E-state index in [0.717, 1.165) is 24.6 Å². The Bertz CT molecular complexity index is 444. The van der Waals surface area contributed by atoms with Crippen LogP contribution in [0.3, 0.4) is 0 Å². The molecule has 1 aliphatic rings. The van der Waals surface area contributed by atoms with Gasteiger partial charge in [0.2, 0.25) is 5.91 Å². The SMILES string of the molecule is O=C(CS(=O)c1ccc(Cl)cc1)N1CCSCC1. The molecule has 1 atom stereocenters. The molecule has 1 aliphatic heterocycles. The molecule has 1 saturated heterocycles. The van der Waals surface area contributed by atoms with Gasteiger partial charge in [-0.15, -0.1) is 0 Å². The van der Waals surface area contributed by atoms with Gasteiger partial charge in [-0.3, -0.25) is 9.00 Å². The van der Waals surface area contributed by atoms with Crippen LogP contribution in [0.2, 0.25) is 5.02 Å². The van der Waals surface area contributed by atoms with Gasteiger partial charge in [0.25, 0.3) is 0 Å². The maximum atomic E-state index is 12.0. The van der Waals surface area contributed by atoms with Crippen molar-refractivity contribution in [1.29, 1.82) is 0 Å². The minimum absolute atomic E-state index is 0.0245. The monoisotopic (exact) mass is 303 g/mol. The van der Waals surface area contributed by atoms with E-state index in [1.54, 1.807) is 29.2 Å². The molecule has 1 unspecified atom stereocenters. The zero-order valence-electron chi connectivity index (χ0n) is 9.80. The van der Waals surface area contributed by atoms with Gasteiger partial charge in [0.15, 0.2) is 0 Å². The maximum Gasteiger partial charge on any atom is 0.235 e. The lowest BCUT2D eigenvalue weighted by molar-refractivity contribution is -0.128. The quantitative estimate of drug-likeness (QED) is 0.857. The molecule has 0 radical (unpaired) electrons. The first kappa shape index (κ1) is 13.9. The summed E-state index contributed by atoms with van der Waals surface area (Å²) >= 11 is 7.62. The van der Waals surface area contributed by atoms with E-state index in [1.165, 1.54) is 0 Å². The number of amides is 1. The topological polar surface area (TPSA) is 37.4 Å². The summed E-state index contributed by atoms with van der Waals surface area (Å²) in [4.78, 5) is 14.4. The third kappa shape index (κ3) is 3.73. The number of hydrogen-bond acceptors (Lipinski definition) is 3. The fourth-order valence-corrected chi connectivity index (χ4v) is 3.73. The Morgan fingerprint density at radius 2 is 1.89 bits per heavy atom. The molecule has 0 bridgehead atoms. The standard InChI is InChI=1S/C12H14ClNO2S2/c13-10-1-3-11(4-2-10)18(16)9-12(15)14-5-7-17-8-6-14/h1-4H,5-9H2. The molecule has 18 heavy (non-hydrogen) atoms. The fourth-order valence-electron chi connectivity index (χ4n) is 1.69. The van der Waals surface area contributed by atoms with E-state index in [9.17, 15) is 9.00 Å². The molecular weight excluding hydrogens is 290 g/mol. The molecule has 2 rings (SSSR count). The number of hydrogen-bond donors (Lipinski definition) is 0. The Hall–Kier alpha value is -0.520. The summed E-state index contributed by atoms with van der Waals surface area (Å²) in [5, 5.41) is 0.607. The summed E-state index contributed by atoms with van der Waals surface area (Å²) in [5.41, 5.74) is 0. The van der Waals surface area contributed by atoms with Gasteiger partial charge < -0.3 is 4.90 Å². The van der Waals surface area contributed by atoms with Gasteiger partial charge in [-0.05, 0) is 24.3 Å². The van der Waals surface area contributed by atoms with Crippen LogP contribution in [0.25, 0.3) is 0 Å². The summed E-state index contributed by atoms with van der Waals surface area (Å²) in [6, 6.07) is 6.79. The van der Waals surface area contributed by atoms with Crippen LogP contribution in [0, 0.1) is 0 Å². The van der Waals surface area contributed by atoms with E-state index in [4.69, 9.17) is 11.6 Å². The summed E-state index contributed by atoms with van der Waals surface area (Å²) in [7, 11) is -1.28. The Kier molecular flexibility index (Phi) is 5.09. The average Bonchev–Trinajstić information content (AvgIpc) is 2.40. The summed E-state index contributed by atoms with van der Waals surface area (Å²) in [5.74, 6) is 1.98. The van der Waals surface area contributed by atoms with Crippen molar-refractivity contribution in [2.75, 3.05) is 30.3 Å². The average molecular weight is 304 g/mol. The molecule has 6 heteroatoms. The minimum Gasteiger partial charge on any atom is -0.340 e. The molecule has 1 fully saturated rings. The predicted molar refractivity (Wildman–Crippen MR) is 76.6 cm³/mol. The van der Waals surface area contributed by atoms with Crippen LogP contribution in [0.5, 0.6) is 0 Å². The molecular formula is C12H14ClNO2S2. The van der Waals surface area contributed by atoms with E-state index < -0.39 is 10.8 Å². The van der Waals surface area contributed by atoms with Crippen molar-refractivity contribution >= 4 is 40.1 Å². The summed E-state index contributed by atoms with van der Waals surface area (Å²) in [6.45, 7) is 1.53. The Balaban J connectivity index is 1.94. The number of carbonyl (C=O) groups is 1. The van der Waals surface area contributed by atoms with E-state index in [0.29, 0.717) is 9.92 Å². The first-order valence-electron chi connectivity index (χ1n) is 5.66. The molecule has 0 aromatic heterocycles. The zero-order valence-corrected chi connectivity index (χ0v) is 12.2. The molecule has 0 aliphatic carbocycles. The smallest absolute Gasteiger partial charge is 0.235 e. The van der Waals surface area contributed by atoms with Gasteiger partial charge >= 0.3 is 0 Å². The van der Waals surface area contributed by atoms with Crippen LogP contribution in [0.4, 0.5) is 0 Å². The predicted octanol–water partition coefficient (Wildman–Crippen LogP) is 2.02. The molecule has 0 saturated carbocycles. The van der Waals surface area contributed by atoms with Crippen LogP contribution in [-0.2, 0) is 15.6 Å². The highest BCUT2D eigenvalue weighted by Crippen LogP contribution is 2.14. The van der Waals surface area contributed by atoms with Crippen molar-refractivity contribution in [3.8, 4) is 0 Å². The van der Waals surface area contributed by atoms with Crippen molar-refractivity contribution in [1.82, 2.24) is 4.90 Å². The van der Waals surface area contributed by atoms with Crippen molar-refractivity contribution in [3.63, 3.8) is 0 Å². The van der Waals surface area contributed by atoms with Gasteiger partial charge in [0.1, 0.15) is 5.75 Å². The van der Waals surface area contributed by atoms with E-state index >= 15 is 0 Å². The van der Waals surface area contributed by atoms with Crippen LogP contribution in [-0.4, -0.2) is 45.4 Å². The lowest BCUT2D eigenvalue weighted by Gasteiger charge is -2.26. The lowest BCUT2D eigenvalue weighted by atomic mass is 10.4. The van der Waals surface area contributed by atoms with Crippen molar-refractivity contribution < 1.29 is 9.00 Å². The molecule has 1 aromatic rings. The van der Waals surface area contributed by atoms with Crippen molar-refractivity contribution in [3.05, 3.63) is 29.3 Å². The fraction of sp³-hybridized carbons (Fsp3) is 0.417. The van der Waals surface area contributed by atoms with Gasteiger partial charge in [-0.25, -0.2) is 0 Å². The summed E-state index contributed by atoms with van der Waals surface area (Å²) in [6.07, 6.45) is 0. The van der Waals surface area contributed by atoms with Crippen LogP contribution < -0.4 is 0 Å². The summed E-state index contributed by atoms with van der Waals surface area (Å²) < 4.78 is 12.0. The number of benzene rings is 1. The largest absolute Gasteiger partial charge is 0.340 e.